The van der Waals surface area contributed by atoms with Crippen molar-refractivity contribution >= 4 is 32.9 Å². The first-order chi connectivity index (χ1) is 15.8. The number of ether oxygens (including phenoxy) is 3. The fourth-order valence-electron chi connectivity index (χ4n) is 4.19. The summed E-state index contributed by atoms with van der Waals surface area (Å²) in [7, 11) is 0. The van der Waals surface area contributed by atoms with Gasteiger partial charge in [-0.1, -0.05) is 34.1 Å². The zero-order chi connectivity index (χ0) is 23.4. The van der Waals surface area contributed by atoms with Gasteiger partial charge in [-0.05, 0) is 70.2 Å². The quantitative estimate of drug-likeness (QED) is 0.310. The topological polar surface area (TPSA) is 57.9 Å². The van der Waals surface area contributed by atoms with E-state index in [2.05, 4.69) is 28.1 Å². The number of hydrogen-bond acceptors (Lipinski definition) is 5. The molecule has 0 aliphatic carbocycles. The molecule has 1 atom stereocenters. The molecule has 5 nitrogen and oxygen atoms in total. The van der Waals surface area contributed by atoms with Gasteiger partial charge in [0, 0.05) is 27.6 Å². The SMILES string of the molecule is CC(C)(C)OC(=O)Cc1ccccc1OCc1coc2c(CC[C@H]3CCCO3)cc(Br)cc12. The van der Waals surface area contributed by atoms with Crippen LogP contribution in [0.1, 0.15) is 56.7 Å². The second kappa shape index (κ2) is 10.3. The summed E-state index contributed by atoms with van der Waals surface area (Å²) in [5.74, 6) is 0.401. The van der Waals surface area contributed by atoms with Crippen LogP contribution in [0.25, 0.3) is 11.0 Å². The molecule has 2 aromatic carbocycles. The van der Waals surface area contributed by atoms with Crippen molar-refractivity contribution in [3.63, 3.8) is 0 Å². The summed E-state index contributed by atoms with van der Waals surface area (Å²) >= 11 is 3.65. The summed E-state index contributed by atoms with van der Waals surface area (Å²) in [6, 6.07) is 11.8. The van der Waals surface area contributed by atoms with Crippen molar-refractivity contribution in [2.45, 2.75) is 71.2 Å². The van der Waals surface area contributed by atoms with Gasteiger partial charge in [0.05, 0.1) is 18.8 Å². The van der Waals surface area contributed by atoms with Gasteiger partial charge in [0.25, 0.3) is 0 Å². The van der Waals surface area contributed by atoms with Gasteiger partial charge in [-0.15, -0.1) is 0 Å². The summed E-state index contributed by atoms with van der Waals surface area (Å²) in [5.41, 5.74) is 3.33. The highest BCUT2D eigenvalue weighted by molar-refractivity contribution is 9.10. The van der Waals surface area contributed by atoms with Crippen LogP contribution in [0, 0.1) is 0 Å². The minimum absolute atomic E-state index is 0.165. The Morgan fingerprint density at radius 1 is 1.15 bits per heavy atom. The minimum Gasteiger partial charge on any atom is -0.488 e. The number of fused-ring (bicyclic) bond motifs is 1. The van der Waals surface area contributed by atoms with Gasteiger partial charge in [0.1, 0.15) is 23.5 Å². The molecule has 0 amide bonds. The molecule has 2 heterocycles. The number of carbonyl (C=O) groups excluding carboxylic acids is 1. The number of rotatable bonds is 8. The summed E-state index contributed by atoms with van der Waals surface area (Å²) in [6.07, 6.45) is 6.47. The third kappa shape index (κ3) is 6.39. The maximum Gasteiger partial charge on any atom is 0.310 e. The number of esters is 1. The lowest BCUT2D eigenvalue weighted by Crippen LogP contribution is -2.25. The molecule has 6 heteroatoms. The molecule has 176 valence electrons. The molecular weight excluding hydrogens is 484 g/mol. The Hall–Kier alpha value is -2.31. The first-order valence-electron chi connectivity index (χ1n) is 11.5. The fraction of sp³-hybridized carbons (Fsp3) is 0.444. The number of furan rings is 1. The van der Waals surface area contributed by atoms with Crippen molar-refractivity contribution in [2.75, 3.05) is 6.61 Å². The van der Waals surface area contributed by atoms with Crippen molar-refractivity contribution in [3.8, 4) is 5.75 Å². The zero-order valence-electron chi connectivity index (χ0n) is 19.5. The van der Waals surface area contributed by atoms with Crippen LogP contribution in [0.4, 0.5) is 0 Å². The van der Waals surface area contributed by atoms with Crippen LogP contribution in [0.15, 0.2) is 51.6 Å². The lowest BCUT2D eigenvalue weighted by Gasteiger charge is -2.20. The van der Waals surface area contributed by atoms with Gasteiger partial charge in [-0.2, -0.15) is 0 Å². The molecule has 1 aliphatic heterocycles. The average molecular weight is 515 g/mol. The standard InChI is InChI=1S/C27H31BrO5/c1-27(2,3)33-25(29)14-18-7-4-5-9-24(18)31-16-20-17-32-26-19(13-21(28)15-23(20)26)10-11-22-8-6-12-30-22/h4-5,7,9,13,15,17,22H,6,8,10-12,14,16H2,1-3H3/t22-/m1/s1. The minimum atomic E-state index is -0.516. The lowest BCUT2D eigenvalue weighted by molar-refractivity contribution is -0.153. The molecule has 3 aromatic rings. The summed E-state index contributed by atoms with van der Waals surface area (Å²) in [6.45, 7) is 6.82. The Morgan fingerprint density at radius 2 is 1.97 bits per heavy atom. The molecule has 1 fully saturated rings. The highest BCUT2D eigenvalue weighted by Crippen LogP contribution is 2.32. The van der Waals surface area contributed by atoms with Crippen LogP contribution in [0.3, 0.4) is 0 Å². The van der Waals surface area contributed by atoms with Crippen LogP contribution in [-0.4, -0.2) is 24.3 Å². The molecule has 0 saturated carbocycles. The largest absolute Gasteiger partial charge is 0.488 e. The summed E-state index contributed by atoms with van der Waals surface area (Å²) < 4.78 is 24.4. The van der Waals surface area contributed by atoms with Crippen molar-refractivity contribution in [1.29, 1.82) is 0 Å². The van der Waals surface area contributed by atoms with Crippen LogP contribution < -0.4 is 4.74 Å². The predicted octanol–water partition coefficient (Wildman–Crippen LogP) is 6.77. The van der Waals surface area contributed by atoms with E-state index in [-0.39, 0.29) is 12.4 Å². The van der Waals surface area contributed by atoms with Gasteiger partial charge in [-0.3, -0.25) is 4.79 Å². The maximum absolute atomic E-state index is 12.3. The van der Waals surface area contributed by atoms with E-state index in [4.69, 9.17) is 18.6 Å². The van der Waals surface area contributed by atoms with Crippen LogP contribution >= 0.6 is 15.9 Å². The Kier molecular flexibility index (Phi) is 7.45. The molecule has 1 saturated heterocycles. The van der Waals surface area contributed by atoms with E-state index >= 15 is 0 Å². The fourth-order valence-corrected chi connectivity index (χ4v) is 4.69. The molecule has 0 spiro atoms. The number of benzene rings is 2. The molecule has 4 rings (SSSR count). The molecule has 0 radical (unpaired) electrons. The second-order valence-electron chi connectivity index (χ2n) is 9.54. The van der Waals surface area contributed by atoms with Gasteiger partial charge >= 0.3 is 5.97 Å². The van der Waals surface area contributed by atoms with E-state index in [9.17, 15) is 4.79 Å². The Morgan fingerprint density at radius 3 is 2.73 bits per heavy atom. The number of hydrogen-bond donors (Lipinski definition) is 0. The van der Waals surface area contributed by atoms with Crippen molar-refractivity contribution < 1.29 is 23.4 Å². The Bertz CT molecular complexity index is 1110. The van der Waals surface area contributed by atoms with Crippen molar-refractivity contribution in [3.05, 3.63) is 63.8 Å². The van der Waals surface area contributed by atoms with Gasteiger partial charge in [0.2, 0.25) is 0 Å². The molecule has 1 aliphatic rings. The van der Waals surface area contributed by atoms with Gasteiger partial charge in [-0.25, -0.2) is 0 Å². The van der Waals surface area contributed by atoms with E-state index in [1.807, 2.05) is 45.0 Å². The molecule has 0 unspecified atom stereocenters. The monoisotopic (exact) mass is 514 g/mol. The summed E-state index contributed by atoms with van der Waals surface area (Å²) in [5, 5.41) is 1.04. The highest BCUT2D eigenvalue weighted by Gasteiger charge is 2.20. The Balaban J connectivity index is 1.47. The van der Waals surface area contributed by atoms with Crippen molar-refractivity contribution in [2.24, 2.45) is 0 Å². The molecule has 1 aromatic heterocycles. The van der Waals surface area contributed by atoms with E-state index in [0.29, 0.717) is 18.5 Å². The molecular formula is C27H31BrO5. The predicted molar refractivity (Wildman–Crippen MR) is 132 cm³/mol. The highest BCUT2D eigenvalue weighted by atomic mass is 79.9. The van der Waals surface area contributed by atoms with Crippen LogP contribution in [0.2, 0.25) is 0 Å². The van der Waals surface area contributed by atoms with E-state index in [0.717, 1.165) is 58.9 Å². The third-order valence-corrected chi connectivity index (χ3v) is 6.12. The second-order valence-corrected chi connectivity index (χ2v) is 10.5. The van der Waals surface area contributed by atoms with Crippen LogP contribution in [0.5, 0.6) is 5.75 Å². The first kappa shape index (κ1) is 23.8. The lowest BCUT2D eigenvalue weighted by atomic mass is 10.0. The molecule has 0 N–H and O–H groups in total. The number of carbonyl (C=O) groups is 1. The smallest absolute Gasteiger partial charge is 0.310 e. The van der Waals surface area contributed by atoms with E-state index < -0.39 is 5.60 Å². The zero-order valence-corrected chi connectivity index (χ0v) is 21.1. The number of halogens is 1. The van der Waals surface area contributed by atoms with E-state index in [1.54, 1.807) is 6.26 Å². The average Bonchev–Trinajstić information content (AvgIpc) is 3.40. The van der Waals surface area contributed by atoms with Gasteiger partial charge < -0.3 is 18.6 Å². The van der Waals surface area contributed by atoms with E-state index in [1.165, 1.54) is 5.56 Å². The summed E-state index contributed by atoms with van der Waals surface area (Å²) in [4.78, 5) is 12.3. The number of aryl methyl sites for hydroxylation is 1. The molecule has 33 heavy (non-hydrogen) atoms. The normalized spacial score (nSPS) is 16.3. The first-order valence-corrected chi connectivity index (χ1v) is 12.3. The number of para-hydroxylation sites is 1. The maximum atomic E-state index is 12.3. The van der Waals surface area contributed by atoms with Crippen LogP contribution in [-0.2, 0) is 33.7 Å². The Labute approximate surface area is 203 Å². The van der Waals surface area contributed by atoms with Crippen molar-refractivity contribution in [1.82, 2.24) is 0 Å². The molecule has 0 bridgehead atoms. The third-order valence-electron chi connectivity index (χ3n) is 5.67. The van der Waals surface area contributed by atoms with Gasteiger partial charge in [0.15, 0.2) is 0 Å².